The van der Waals surface area contributed by atoms with Crippen LogP contribution >= 0.6 is 0 Å². The maximum Gasteiger partial charge on any atom is 0.220 e. The highest BCUT2D eigenvalue weighted by Crippen LogP contribution is 2.23. The number of benzene rings is 1. The molecule has 6 heteroatoms. The Labute approximate surface area is 123 Å². The fourth-order valence-corrected chi connectivity index (χ4v) is 1.91. The molecular formula is C15H21F2NO3. The third-order valence-corrected chi connectivity index (χ3v) is 3.14. The summed E-state index contributed by atoms with van der Waals surface area (Å²) < 4.78 is 31.4. The molecule has 1 aromatic rings. The zero-order valence-electron chi connectivity index (χ0n) is 12.3. The first-order valence-corrected chi connectivity index (χ1v) is 6.80. The van der Waals surface area contributed by atoms with E-state index in [4.69, 9.17) is 4.74 Å². The zero-order chi connectivity index (χ0) is 15.9. The number of hydrogen-bond donors (Lipinski definition) is 2. The second-order valence-electron chi connectivity index (χ2n) is 5.12. The average Bonchev–Trinajstić information content (AvgIpc) is 2.41. The van der Waals surface area contributed by atoms with Crippen molar-refractivity contribution in [1.29, 1.82) is 0 Å². The molecular weight excluding hydrogens is 280 g/mol. The first-order valence-electron chi connectivity index (χ1n) is 6.80. The van der Waals surface area contributed by atoms with E-state index in [1.54, 1.807) is 7.11 Å². The van der Waals surface area contributed by atoms with E-state index in [-0.39, 0.29) is 18.0 Å². The van der Waals surface area contributed by atoms with Gasteiger partial charge in [0.25, 0.3) is 0 Å². The van der Waals surface area contributed by atoms with Crippen molar-refractivity contribution >= 4 is 5.91 Å². The Morgan fingerprint density at radius 1 is 1.38 bits per heavy atom. The van der Waals surface area contributed by atoms with Crippen LogP contribution in [0.1, 0.15) is 31.7 Å². The minimum absolute atomic E-state index is 0.0522. The highest BCUT2D eigenvalue weighted by Gasteiger charge is 2.27. The lowest BCUT2D eigenvalue weighted by molar-refractivity contribution is -0.122. The summed E-state index contributed by atoms with van der Waals surface area (Å²) in [4.78, 5) is 11.6. The van der Waals surface area contributed by atoms with Crippen molar-refractivity contribution in [2.24, 2.45) is 0 Å². The van der Waals surface area contributed by atoms with Crippen LogP contribution in [0, 0.1) is 11.6 Å². The quantitative estimate of drug-likeness (QED) is 0.723. The molecule has 1 rings (SSSR count). The van der Waals surface area contributed by atoms with Gasteiger partial charge in [0.2, 0.25) is 5.91 Å². The van der Waals surface area contributed by atoms with Crippen LogP contribution in [0.15, 0.2) is 18.2 Å². The monoisotopic (exact) mass is 301 g/mol. The molecule has 0 heterocycles. The SMILES string of the molecule is COCCCCC(=O)NC[C@@](C)(O)c1ccc(F)cc1F. The largest absolute Gasteiger partial charge is 0.385 e. The maximum atomic E-state index is 13.6. The van der Waals surface area contributed by atoms with Crippen LogP contribution in [0.5, 0.6) is 0 Å². The third-order valence-electron chi connectivity index (χ3n) is 3.14. The van der Waals surface area contributed by atoms with Gasteiger partial charge in [0, 0.05) is 31.8 Å². The van der Waals surface area contributed by atoms with E-state index >= 15 is 0 Å². The Balaban J connectivity index is 2.50. The summed E-state index contributed by atoms with van der Waals surface area (Å²) in [6.45, 7) is 1.82. The lowest BCUT2D eigenvalue weighted by atomic mass is 9.95. The average molecular weight is 301 g/mol. The van der Waals surface area contributed by atoms with Crippen LogP contribution < -0.4 is 5.32 Å². The second kappa shape index (κ2) is 8.05. The molecule has 0 fully saturated rings. The van der Waals surface area contributed by atoms with Gasteiger partial charge in [-0.25, -0.2) is 8.78 Å². The Hall–Kier alpha value is -1.53. The number of halogens is 2. The highest BCUT2D eigenvalue weighted by atomic mass is 19.1. The lowest BCUT2D eigenvalue weighted by Crippen LogP contribution is -2.39. The summed E-state index contributed by atoms with van der Waals surface area (Å²) in [6, 6.07) is 2.95. The number of methoxy groups -OCH3 is 1. The van der Waals surface area contributed by atoms with E-state index in [1.807, 2.05) is 0 Å². The predicted molar refractivity (Wildman–Crippen MR) is 74.7 cm³/mol. The molecule has 118 valence electrons. The van der Waals surface area contributed by atoms with Gasteiger partial charge in [0.1, 0.15) is 17.2 Å². The Morgan fingerprint density at radius 2 is 2.10 bits per heavy atom. The Kier molecular flexibility index (Phi) is 6.71. The van der Waals surface area contributed by atoms with Crippen molar-refractivity contribution in [2.75, 3.05) is 20.3 Å². The number of carbonyl (C=O) groups excluding carboxylic acids is 1. The van der Waals surface area contributed by atoms with E-state index in [0.717, 1.165) is 12.5 Å². The Morgan fingerprint density at radius 3 is 2.71 bits per heavy atom. The number of amides is 1. The number of rotatable bonds is 8. The summed E-state index contributed by atoms with van der Waals surface area (Å²) in [6.07, 6.45) is 1.75. The Bertz CT molecular complexity index is 478. The van der Waals surface area contributed by atoms with Crippen molar-refractivity contribution in [2.45, 2.75) is 31.8 Å². The summed E-state index contributed by atoms with van der Waals surface area (Å²) >= 11 is 0. The van der Waals surface area contributed by atoms with Crippen LogP contribution in [0.3, 0.4) is 0 Å². The van der Waals surface area contributed by atoms with E-state index in [9.17, 15) is 18.7 Å². The number of carbonyl (C=O) groups is 1. The first kappa shape index (κ1) is 17.5. The molecule has 1 atom stereocenters. The number of aliphatic hydroxyl groups is 1. The van der Waals surface area contributed by atoms with E-state index in [2.05, 4.69) is 5.32 Å². The fourth-order valence-electron chi connectivity index (χ4n) is 1.91. The van der Waals surface area contributed by atoms with Gasteiger partial charge in [0.15, 0.2) is 0 Å². The summed E-state index contributed by atoms with van der Waals surface area (Å²) in [5, 5.41) is 12.8. The lowest BCUT2D eigenvalue weighted by Gasteiger charge is -2.24. The van der Waals surface area contributed by atoms with Gasteiger partial charge < -0.3 is 15.2 Å². The molecule has 0 spiro atoms. The normalized spacial score (nSPS) is 13.8. The van der Waals surface area contributed by atoms with Gasteiger partial charge >= 0.3 is 0 Å². The topological polar surface area (TPSA) is 58.6 Å². The molecule has 0 saturated heterocycles. The van der Waals surface area contributed by atoms with Gasteiger partial charge in [0.05, 0.1) is 6.54 Å². The van der Waals surface area contributed by atoms with Crippen LogP contribution in [-0.2, 0) is 15.1 Å². The van der Waals surface area contributed by atoms with Gasteiger partial charge in [-0.05, 0) is 25.8 Å². The molecule has 21 heavy (non-hydrogen) atoms. The van der Waals surface area contributed by atoms with Gasteiger partial charge in [-0.15, -0.1) is 0 Å². The number of ether oxygens (including phenoxy) is 1. The maximum absolute atomic E-state index is 13.6. The van der Waals surface area contributed by atoms with Crippen molar-refractivity contribution in [1.82, 2.24) is 5.32 Å². The molecule has 4 nitrogen and oxygen atoms in total. The van der Waals surface area contributed by atoms with Crippen LogP contribution in [0.2, 0.25) is 0 Å². The molecule has 0 aromatic heterocycles. The molecule has 0 bridgehead atoms. The molecule has 1 aromatic carbocycles. The van der Waals surface area contributed by atoms with E-state index in [1.165, 1.54) is 13.0 Å². The van der Waals surface area contributed by atoms with Crippen molar-refractivity contribution in [3.63, 3.8) is 0 Å². The summed E-state index contributed by atoms with van der Waals surface area (Å²) in [5.74, 6) is -1.78. The minimum Gasteiger partial charge on any atom is -0.385 e. The van der Waals surface area contributed by atoms with Crippen LogP contribution in [0.4, 0.5) is 8.78 Å². The molecule has 0 aliphatic heterocycles. The molecule has 0 unspecified atom stereocenters. The van der Waals surface area contributed by atoms with E-state index in [0.29, 0.717) is 25.5 Å². The minimum atomic E-state index is -1.60. The van der Waals surface area contributed by atoms with Crippen molar-refractivity contribution in [3.05, 3.63) is 35.4 Å². The zero-order valence-corrected chi connectivity index (χ0v) is 12.3. The van der Waals surface area contributed by atoms with Crippen molar-refractivity contribution < 1.29 is 23.4 Å². The van der Waals surface area contributed by atoms with Gasteiger partial charge in [-0.1, -0.05) is 6.07 Å². The third kappa shape index (κ3) is 5.77. The predicted octanol–water partition coefficient (Wildman–Crippen LogP) is 2.11. The number of hydrogen-bond acceptors (Lipinski definition) is 3. The van der Waals surface area contributed by atoms with Crippen LogP contribution in [0.25, 0.3) is 0 Å². The smallest absolute Gasteiger partial charge is 0.220 e. The standard InChI is InChI=1S/C15H21F2NO3/c1-15(20,12-7-6-11(16)9-13(12)17)10-18-14(19)5-3-4-8-21-2/h6-7,9,20H,3-5,8,10H2,1-2H3,(H,18,19)/t15-/m1/s1. The molecule has 1 amide bonds. The van der Waals surface area contributed by atoms with Gasteiger partial charge in [-0.2, -0.15) is 0 Å². The molecule has 0 aliphatic carbocycles. The summed E-state index contributed by atoms with van der Waals surface area (Å²) in [7, 11) is 1.59. The summed E-state index contributed by atoms with van der Waals surface area (Å²) in [5.41, 5.74) is -1.65. The second-order valence-corrected chi connectivity index (χ2v) is 5.12. The van der Waals surface area contributed by atoms with E-state index < -0.39 is 17.2 Å². The fraction of sp³-hybridized carbons (Fsp3) is 0.533. The number of unbranched alkanes of at least 4 members (excludes halogenated alkanes) is 1. The first-order chi connectivity index (χ1) is 9.86. The number of nitrogens with one attached hydrogen (secondary N) is 1. The van der Waals surface area contributed by atoms with Gasteiger partial charge in [-0.3, -0.25) is 4.79 Å². The van der Waals surface area contributed by atoms with Crippen LogP contribution in [-0.4, -0.2) is 31.3 Å². The molecule has 0 aliphatic rings. The molecule has 0 radical (unpaired) electrons. The molecule has 0 saturated carbocycles. The molecule has 2 N–H and O–H groups in total. The van der Waals surface area contributed by atoms with Crippen molar-refractivity contribution in [3.8, 4) is 0 Å². The highest BCUT2D eigenvalue weighted by molar-refractivity contribution is 5.75.